The summed E-state index contributed by atoms with van der Waals surface area (Å²) in [5, 5.41) is 0. The Morgan fingerprint density at radius 2 is 2.29 bits per heavy atom. The van der Waals surface area contributed by atoms with E-state index >= 15 is 0 Å². The largest absolute Gasteiger partial charge is 0.497 e. The molecule has 0 fully saturated rings. The lowest BCUT2D eigenvalue weighted by molar-refractivity contribution is 0.101. The molecule has 0 saturated heterocycles. The second-order valence-electron chi connectivity index (χ2n) is 2.70. The summed E-state index contributed by atoms with van der Waals surface area (Å²) < 4.78 is 18.1. The Bertz CT molecular complexity index is 339. The molecule has 2 nitrogen and oxygen atoms in total. The van der Waals surface area contributed by atoms with E-state index in [9.17, 15) is 9.18 Å². The van der Waals surface area contributed by atoms with E-state index in [1.165, 1.54) is 31.0 Å². The highest BCUT2D eigenvalue weighted by Crippen LogP contribution is 2.17. The fraction of sp³-hybridized carbons (Fsp3) is 0.300. The molecule has 0 unspecified atom stereocenters. The number of benzene rings is 1. The van der Waals surface area contributed by atoms with Crippen LogP contribution in [0.1, 0.15) is 10.4 Å². The van der Waals surface area contributed by atoms with E-state index in [1.807, 2.05) is 0 Å². The number of carbonyl (C=O) groups is 1. The van der Waals surface area contributed by atoms with Crippen molar-refractivity contribution in [3.8, 4) is 5.75 Å². The zero-order chi connectivity index (χ0) is 10.6. The van der Waals surface area contributed by atoms with E-state index in [2.05, 4.69) is 0 Å². The van der Waals surface area contributed by atoms with Crippen LogP contribution in [0.4, 0.5) is 4.39 Å². The van der Waals surface area contributed by atoms with Crippen molar-refractivity contribution < 1.29 is 13.9 Å². The minimum absolute atomic E-state index is 0.125. The van der Waals surface area contributed by atoms with Crippen LogP contribution in [-0.2, 0) is 0 Å². The van der Waals surface area contributed by atoms with Gasteiger partial charge >= 0.3 is 0 Å². The van der Waals surface area contributed by atoms with Gasteiger partial charge in [0.15, 0.2) is 5.78 Å². The average Bonchev–Trinajstić information content (AvgIpc) is 2.17. The lowest BCUT2D eigenvalue weighted by Gasteiger charge is -2.03. The summed E-state index contributed by atoms with van der Waals surface area (Å²) in [4.78, 5) is 11.4. The zero-order valence-corrected chi connectivity index (χ0v) is 8.86. The molecule has 76 valence electrons. The van der Waals surface area contributed by atoms with Crippen molar-refractivity contribution in [2.24, 2.45) is 0 Å². The molecule has 0 aromatic heterocycles. The molecule has 1 aromatic rings. The third-order valence-corrected chi connectivity index (χ3v) is 2.30. The Morgan fingerprint density at radius 1 is 1.57 bits per heavy atom. The Balaban J connectivity index is 2.94. The van der Waals surface area contributed by atoms with E-state index in [1.54, 1.807) is 12.3 Å². The number of carbonyl (C=O) groups excluding carboxylic acids is 1. The van der Waals surface area contributed by atoms with E-state index in [4.69, 9.17) is 4.74 Å². The third kappa shape index (κ3) is 2.48. The predicted octanol–water partition coefficient (Wildman–Crippen LogP) is 2.38. The Kier molecular flexibility index (Phi) is 3.95. The molecule has 0 aliphatic carbocycles. The maximum Gasteiger partial charge on any atom is 0.175 e. The summed E-state index contributed by atoms with van der Waals surface area (Å²) in [6.45, 7) is 0. The number of hydrogen-bond donors (Lipinski definition) is 0. The van der Waals surface area contributed by atoms with Crippen molar-refractivity contribution in [2.75, 3.05) is 19.1 Å². The summed E-state index contributed by atoms with van der Waals surface area (Å²) in [6.07, 6.45) is 1.80. The molecule has 0 saturated carbocycles. The lowest BCUT2D eigenvalue weighted by Crippen LogP contribution is -2.05. The highest BCUT2D eigenvalue weighted by Gasteiger charge is 2.11. The molecule has 0 bridgehead atoms. The van der Waals surface area contributed by atoms with Crippen molar-refractivity contribution in [2.45, 2.75) is 0 Å². The highest BCUT2D eigenvalue weighted by atomic mass is 32.2. The standard InChI is InChI=1S/C10H11FO2S/c1-13-7-3-4-8(9(11)5-7)10(12)6-14-2/h3-5H,6H2,1-2H3. The van der Waals surface area contributed by atoms with Crippen LogP contribution >= 0.6 is 11.8 Å². The predicted molar refractivity (Wildman–Crippen MR) is 55.7 cm³/mol. The van der Waals surface area contributed by atoms with Crippen LogP contribution in [0, 0.1) is 5.82 Å². The van der Waals surface area contributed by atoms with Gasteiger partial charge in [0, 0.05) is 6.07 Å². The van der Waals surface area contributed by atoms with Gasteiger partial charge in [-0.3, -0.25) is 4.79 Å². The number of Topliss-reactive ketones (excluding diaryl/α,β-unsaturated/α-hetero) is 1. The summed E-state index contributed by atoms with van der Waals surface area (Å²) in [7, 11) is 1.46. The monoisotopic (exact) mass is 214 g/mol. The number of ether oxygens (including phenoxy) is 1. The molecule has 0 heterocycles. The van der Waals surface area contributed by atoms with Crippen LogP contribution in [0.3, 0.4) is 0 Å². The number of hydrogen-bond acceptors (Lipinski definition) is 3. The lowest BCUT2D eigenvalue weighted by atomic mass is 10.1. The van der Waals surface area contributed by atoms with Gasteiger partial charge in [0.05, 0.1) is 18.4 Å². The second-order valence-corrected chi connectivity index (χ2v) is 3.57. The maximum atomic E-state index is 13.3. The van der Waals surface area contributed by atoms with Crippen LogP contribution in [-0.4, -0.2) is 24.9 Å². The SMILES string of the molecule is COc1ccc(C(=O)CSC)c(F)c1. The Labute approximate surface area is 86.5 Å². The number of halogens is 1. The van der Waals surface area contributed by atoms with Crippen molar-refractivity contribution in [1.29, 1.82) is 0 Å². The van der Waals surface area contributed by atoms with E-state index in [0.717, 1.165) is 0 Å². The fourth-order valence-corrected chi connectivity index (χ4v) is 1.48. The number of ketones is 1. The molecule has 14 heavy (non-hydrogen) atoms. The van der Waals surface area contributed by atoms with Gasteiger partial charge in [-0.1, -0.05) is 0 Å². The van der Waals surface area contributed by atoms with Crippen molar-refractivity contribution in [3.05, 3.63) is 29.6 Å². The highest BCUT2D eigenvalue weighted by molar-refractivity contribution is 7.99. The van der Waals surface area contributed by atoms with Gasteiger partial charge < -0.3 is 4.74 Å². The molecule has 1 aromatic carbocycles. The summed E-state index contributed by atoms with van der Waals surface area (Å²) in [6, 6.07) is 4.25. The quantitative estimate of drug-likeness (QED) is 0.720. The number of thioether (sulfide) groups is 1. The molecule has 0 atom stereocenters. The first-order valence-electron chi connectivity index (χ1n) is 4.04. The zero-order valence-electron chi connectivity index (χ0n) is 8.04. The molecular formula is C10H11FO2S. The molecule has 0 radical (unpaired) electrons. The summed E-state index contributed by atoms with van der Waals surface area (Å²) >= 11 is 1.38. The molecule has 0 aliphatic rings. The van der Waals surface area contributed by atoms with Gasteiger partial charge in [-0.2, -0.15) is 11.8 Å². The second kappa shape index (κ2) is 5.00. The van der Waals surface area contributed by atoms with Crippen LogP contribution in [0.15, 0.2) is 18.2 Å². The first-order chi connectivity index (χ1) is 6.69. The third-order valence-electron chi connectivity index (χ3n) is 1.75. The van der Waals surface area contributed by atoms with Gasteiger partial charge in [-0.25, -0.2) is 4.39 Å². The van der Waals surface area contributed by atoms with Gasteiger partial charge in [0.1, 0.15) is 11.6 Å². The fourth-order valence-electron chi connectivity index (χ4n) is 1.06. The Morgan fingerprint density at radius 3 is 2.79 bits per heavy atom. The Hall–Kier alpha value is -1.03. The first kappa shape index (κ1) is 11.0. The van der Waals surface area contributed by atoms with E-state index in [0.29, 0.717) is 11.5 Å². The topological polar surface area (TPSA) is 26.3 Å². The van der Waals surface area contributed by atoms with Gasteiger partial charge in [0.2, 0.25) is 0 Å². The maximum absolute atomic E-state index is 13.3. The van der Waals surface area contributed by atoms with Crippen molar-refractivity contribution in [3.63, 3.8) is 0 Å². The minimum atomic E-state index is -0.525. The average molecular weight is 214 g/mol. The number of methoxy groups -OCH3 is 1. The van der Waals surface area contributed by atoms with Gasteiger partial charge in [-0.05, 0) is 18.4 Å². The summed E-state index contributed by atoms with van der Waals surface area (Å²) in [5.74, 6) is -0.00673. The molecule has 0 spiro atoms. The van der Waals surface area contributed by atoms with Crippen LogP contribution in [0.5, 0.6) is 5.75 Å². The van der Waals surface area contributed by atoms with Gasteiger partial charge in [0.25, 0.3) is 0 Å². The molecule has 4 heteroatoms. The summed E-state index contributed by atoms with van der Waals surface area (Å²) in [5.41, 5.74) is 0.125. The van der Waals surface area contributed by atoms with Gasteiger partial charge in [-0.15, -0.1) is 0 Å². The van der Waals surface area contributed by atoms with Crippen LogP contribution in [0.2, 0.25) is 0 Å². The van der Waals surface area contributed by atoms with E-state index in [-0.39, 0.29) is 11.3 Å². The molecule has 1 rings (SSSR count). The molecular weight excluding hydrogens is 203 g/mol. The van der Waals surface area contributed by atoms with Crippen molar-refractivity contribution >= 4 is 17.5 Å². The molecule has 0 aliphatic heterocycles. The van der Waals surface area contributed by atoms with Crippen LogP contribution in [0.25, 0.3) is 0 Å². The molecule has 0 N–H and O–H groups in total. The minimum Gasteiger partial charge on any atom is -0.497 e. The normalized spacial score (nSPS) is 9.93. The van der Waals surface area contributed by atoms with Crippen LogP contribution < -0.4 is 4.74 Å². The number of rotatable bonds is 4. The van der Waals surface area contributed by atoms with E-state index < -0.39 is 5.82 Å². The van der Waals surface area contributed by atoms with Crippen molar-refractivity contribution in [1.82, 2.24) is 0 Å². The smallest absolute Gasteiger partial charge is 0.175 e. The first-order valence-corrected chi connectivity index (χ1v) is 5.44. The molecule has 0 amide bonds.